The van der Waals surface area contributed by atoms with Crippen molar-refractivity contribution >= 4 is 21.6 Å². The molecule has 0 aliphatic rings. The summed E-state index contributed by atoms with van der Waals surface area (Å²) in [6.45, 7) is -0.199. The summed E-state index contributed by atoms with van der Waals surface area (Å²) >= 11 is 1.26. The molecule has 0 unspecified atom stereocenters. The lowest BCUT2D eigenvalue weighted by Gasteiger charge is -2.04. The van der Waals surface area contributed by atoms with E-state index in [-0.39, 0.29) is 23.8 Å². The number of hydrogen-bond acceptors (Lipinski definition) is 7. The lowest BCUT2D eigenvalue weighted by molar-refractivity contribution is -0.141. The summed E-state index contributed by atoms with van der Waals surface area (Å²) in [6, 6.07) is 5.71. The van der Waals surface area contributed by atoms with E-state index in [0.29, 0.717) is 21.3 Å². The predicted octanol–water partition coefficient (Wildman–Crippen LogP) is 4.11. The molecule has 8 nitrogen and oxygen atoms in total. The van der Waals surface area contributed by atoms with Crippen molar-refractivity contribution in [3.8, 4) is 22.5 Å². The number of thiophene rings is 1. The number of benzene rings is 1. The van der Waals surface area contributed by atoms with Crippen LogP contribution in [0.3, 0.4) is 0 Å². The molecular formula is C20H12F4N6O2S. The zero-order valence-corrected chi connectivity index (χ0v) is 17.5. The highest BCUT2D eigenvalue weighted by molar-refractivity contribution is 7.17. The van der Waals surface area contributed by atoms with E-state index >= 15 is 0 Å². The third-order valence-corrected chi connectivity index (χ3v) is 5.71. The first-order valence-electron chi connectivity index (χ1n) is 9.37. The highest BCUT2D eigenvalue weighted by atomic mass is 32.1. The van der Waals surface area contributed by atoms with Crippen molar-refractivity contribution in [1.82, 2.24) is 29.5 Å². The van der Waals surface area contributed by atoms with Crippen molar-refractivity contribution in [2.24, 2.45) is 7.05 Å². The fourth-order valence-corrected chi connectivity index (χ4v) is 4.26. The largest absolute Gasteiger partial charge is 0.435 e. The first kappa shape index (κ1) is 21.0. The molecule has 0 saturated carbocycles. The minimum atomic E-state index is -4.70. The molecule has 5 aromatic rings. The maximum Gasteiger partial charge on any atom is 0.435 e. The van der Waals surface area contributed by atoms with Gasteiger partial charge in [-0.2, -0.15) is 23.3 Å². The number of nitrogens with zero attached hydrogens (tertiary/aromatic N) is 6. The van der Waals surface area contributed by atoms with Crippen molar-refractivity contribution in [2.45, 2.75) is 12.7 Å². The Morgan fingerprint density at radius 1 is 1.15 bits per heavy atom. The first-order valence-corrected chi connectivity index (χ1v) is 10.2. The zero-order valence-electron chi connectivity index (χ0n) is 16.7. The van der Waals surface area contributed by atoms with E-state index in [2.05, 4.69) is 20.2 Å². The summed E-state index contributed by atoms with van der Waals surface area (Å²) in [7, 11) is 1.35. The second kappa shape index (κ2) is 7.62. The molecule has 0 fully saturated rings. The van der Waals surface area contributed by atoms with Gasteiger partial charge in [0.15, 0.2) is 5.69 Å². The second-order valence-corrected chi connectivity index (χ2v) is 7.95. The Balaban J connectivity index is 1.51. The summed E-state index contributed by atoms with van der Waals surface area (Å²) in [5, 5.41) is 9.12. The molecule has 0 aliphatic heterocycles. The minimum absolute atomic E-state index is 0.0798. The van der Waals surface area contributed by atoms with Crippen LogP contribution >= 0.6 is 11.3 Å². The summed E-state index contributed by atoms with van der Waals surface area (Å²) in [5.41, 5.74) is -0.635. The molecular weight excluding hydrogens is 464 g/mol. The lowest BCUT2D eigenvalue weighted by Crippen LogP contribution is -2.21. The van der Waals surface area contributed by atoms with Gasteiger partial charge in [-0.1, -0.05) is 17.3 Å². The topological polar surface area (TPSA) is 91.6 Å². The van der Waals surface area contributed by atoms with Crippen LogP contribution in [0, 0.1) is 5.82 Å². The van der Waals surface area contributed by atoms with Crippen molar-refractivity contribution in [3.05, 3.63) is 69.9 Å². The number of alkyl halides is 3. The predicted molar refractivity (Wildman–Crippen MR) is 110 cm³/mol. The van der Waals surface area contributed by atoms with E-state index in [9.17, 15) is 22.4 Å². The van der Waals surface area contributed by atoms with E-state index in [0.717, 1.165) is 10.9 Å². The highest BCUT2D eigenvalue weighted by Gasteiger charge is 2.38. The average Bonchev–Trinajstić information content (AvgIpc) is 3.48. The van der Waals surface area contributed by atoms with Crippen molar-refractivity contribution in [3.63, 3.8) is 0 Å². The highest BCUT2D eigenvalue weighted by Crippen LogP contribution is 2.35. The normalized spacial score (nSPS) is 12.0. The Bertz CT molecular complexity index is 1530. The lowest BCUT2D eigenvalue weighted by atomic mass is 10.1. The molecule has 4 aromatic heterocycles. The summed E-state index contributed by atoms with van der Waals surface area (Å²) in [4.78, 5) is 21.9. The van der Waals surface area contributed by atoms with E-state index in [4.69, 9.17) is 4.52 Å². The van der Waals surface area contributed by atoms with Crippen LogP contribution < -0.4 is 5.56 Å². The van der Waals surface area contributed by atoms with E-state index in [1.165, 1.54) is 41.4 Å². The van der Waals surface area contributed by atoms with Crippen LogP contribution in [0.15, 0.2) is 51.5 Å². The van der Waals surface area contributed by atoms with Crippen LogP contribution in [-0.4, -0.2) is 29.5 Å². The third kappa shape index (κ3) is 3.80. The van der Waals surface area contributed by atoms with E-state index < -0.39 is 23.2 Å². The molecule has 4 heterocycles. The van der Waals surface area contributed by atoms with E-state index in [1.807, 2.05) is 0 Å². The van der Waals surface area contributed by atoms with Gasteiger partial charge >= 0.3 is 6.18 Å². The summed E-state index contributed by atoms with van der Waals surface area (Å²) < 4.78 is 60.3. The number of halogens is 4. The SMILES string of the molecule is Cn1cc(-c2noc(Cn3cnc4scc(-c5ccc(F)cc5)c4c3=O)n2)c(C(F)(F)F)n1. The van der Waals surface area contributed by atoms with Gasteiger partial charge in [-0.15, -0.1) is 11.3 Å². The van der Waals surface area contributed by atoms with E-state index in [1.54, 1.807) is 17.5 Å². The number of hydrogen-bond donors (Lipinski definition) is 0. The molecule has 13 heteroatoms. The van der Waals surface area contributed by atoms with Gasteiger partial charge in [-0.3, -0.25) is 14.0 Å². The van der Waals surface area contributed by atoms with Gasteiger partial charge in [-0.05, 0) is 17.7 Å². The van der Waals surface area contributed by atoms with Crippen LogP contribution in [0.2, 0.25) is 0 Å². The molecule has 33 heavy (non-hydrogen) atoms. The molecule has 0 N–H and O–H groups in total. The third-order valence-electron chi connectivity index (χ3n) is 4.83. The van der Waals surface area contributed by atoms with Gasteiger partial charge < -0.3 is 4.52 Å². The van der Waals surface area contributed by atoms with Crippen LogP contribution in [-0.2, 0) is 19.8 Å². The Labute approximate surface area is 185 Å². The van der Waals surface area contributed by atoms with Gasteiger partial charge in [0.25, 0.3) is 5.56 Å². The fraction of sp³-hybridized carbons (Fsp3) is 0.150. The monoisotopic (exact) mass is 476 g/mol. The Morgan fingerprint density at radius 3 is 2.64 bits per heavy atom. The number of aromatic nitrogens is 6. The van der Waals surface area contributed by atoms with Gasteiger partial charge in [0.2, 0.25) is 11.7 Å². The zero-order chi connectivity index (χ0) is 23.3. The number of fused-ring (bicyclic) bond motifs is 1. The van der Waals surface area contributed by atoms with Gasteiger partial charge in [0, 0.05) is 24.2 Å². The van der Waals surface area contributed by atoms with Gasteiger partial charge in [0.05, 0.1) is 17.3 Å². The van der Waals surface area contributed by atoms with Gasteiger partial charge in [-0.25, -0.2) is 9.37 Å². The molecule has 168 valence electrons. The molecule has 0 spiro atoms. The average molecular weight is 476 g/mol. The molecule has 0 aliphatic carbocycles. The number of aryl methyl sites for hydroxylation is 1. The summed E-state index contributed by atoms with van der Waals surface area (Å²) in [5.74, 6) is -0.776. The van der Waals surface area contributed by atoms with Crippen LogP contribution in [0.1, 0.15) is 11.6 Å². The molecule has 0 bridgehead atoms. The smallest absolute Gasteiger partial charge is 0.337 e. The van der Waals surface area contributed by atoms with Crippen molar-refractivity contribution in [1.29, 1.82) is 0 Å². The fourth-order valence-electron chi connectivity index (χ4n) is 3.36. The van der Waals surface area contributed by atoms with Gasteiger partial charge in [0.1, 0.15) is 17.2 Å². The van der Waals surface area contributed by atoms with Crippen LogP contribution in [0.5, 0.6) is 0 Å². The maximum absolute atomic E-state index is 13.3. The maximum atomic E-state index is 13.3. The summed E-state index contributed by atoms with van der Waals surface area (Å²) in [6.07, 6.45) is -2.26. The minimum Gasteiger partial charge on any atom is -0.337 e. The second-order valence-electron chi connectivity index (χ2n) is 7.09. The molecule has 0 saturated heterocycles. The number of rotatable bonds is 4. The molecule has 0 amide bonds. The standard InChI is InChI=1S/C20H12F4N6O2S/c1-29-6-12(16(27-29)20(22,23)24)17-26-14(32-28-17)7-30-9-25-18-15(19(30)31)13(8-33-18)10-2-4-11(21)5-3-10/h2-6,8-9H,7H2,1H3. The molecule has 1 aromatic carbocycles. The van der Waals surface area contributed by atoms with Crippen LogP contribution in [0.4, 0.5) is 17.6 Å². The molecule has 5 rings (SSSR count). The molecule has 0 atom stereocenters. The first-order chi connectivity index (χ1) is 15.7. The quantitative estimate of drug-likeness (QED) is 0.363. The Hall–Kier alpha value is -3.87. The van der Waals surface area contributed by atoms with Crippen molar-refractivity contribution in [2.75, 3.05) is 0 Å². The Kier molecular flexibility index (Phi) is 4.85. The van der Waals surface area contributed by atoms with Crippen molar-refractivity contribution < 1.29 is 22.1 Å². The molecule has 0 radical (unpaired) electrons. The van der Waals surface area contributed by atoms with Crippen LogP contribution in [0.25, 0.3) is 32.7 Å². The Morgan fingerprint density at radius 2 is 1.91 bits per heavy atom.